The van der Waals surface area contributed by atoms with Gasteiger partial charge in [0.2, 0.25) is 0 Å². The van der Waals surface area contributed by atoms with Crippen molar-refractivity contribution in [3.63, 3.8) is 0 Å². The summed E-state index contributed by atoms with van der Waals surface area (Å²) in [4.78, 5) is 11.3. The number of amides is 1. The average Bonchev–Trinajstić information content (AvgIpc) is 2.50. The van der Waals surface area contributed by atoms with Gasteiger partial charge in [-0.05, 0) is 56.9 Å². The van der Waals surface area contributed by atoms with E-state index < -0.39 is 6.09 Å². The largest absolute Gasteiger partial charge is 0.450 e. The molecule has 1 amide bonds. The van der Waals surface area contributed by atoms with Crippen LogP contribution >= 0.6 is 0 Å². The highest BCUT2D eigenvalue weighted by Crippen LogP contribution is 2.24. The molecular formula is C16H24N2O3. The molecule has 0 bridgehead atoms. The van der Waals surface area contributed by atoms with E-state index in [0.29, 0.717) is 18.8 Å². The van der Waals surface area contributed by atoms with Crippen LogP contribution in [-0.2, 0) is 9.47 Å². The SMILES string of the molecule is CCOC(=O)Nc1ccc(NC2CCCC(OC)C2)cc1. The Hall–Kier alpha value is -1.75. The molecule has 1 aliphatic carbocycles. The van der Waals surface area contributed by atoms with E-state index in [1.807, 2.05) is 24.3 Å². The molecule has 1 saturated carbocycles. The van der Waals surface area contributed by atoms with Crippen LogP contribution in [0.3, 0.4) is 0 Å². The molecule has 0 radical (unpaired) electrons. The third-order valence-corrected chi connectivity index (χ3v) is 3.74. The Balaban J connectivity index is 1.85. The van der Waals surface area contributed by atoms with Gasteiger partial charge in [0.05, 0.1) is 12.7 Å². The fraction of sp³-hybridized carbons (Fsp3) is 0.562. The van der Waals surface area contributed by atoms with Crippen LogP contribution < -0.4 is 10.6 Å². The third-order valence-electron chi connectivity index (χ3n) is 3.74. The molecule has 5 nitrogen and oxygen atoms in total. The Kier molecular flexibility index (Phi) is 5.87. The maximum atomic E-state index is 11.3. The van der Waals surface area contributed by atoms with E-state index in [1.54, 1.807) is 14.0 Å². The number of hydrogen-bond donors (Lipinski definition) is 2. The second-order valence-corrected chi connectivity index (χ2v) is 5.29. The van der Waals surface area contributed by atoms with Crippen molar-refractivity contribution in [1.29, 1.82) is 0 Å². The highest BCUT2D eigenvalue weighted by atomic mass is 16.5. The molecule has 0 aromatic heterocycles. The molecule has 5 heteroatoms. The number of rotatable bonds is 5. The average molecular weight is 292 g/mol. The summed E-state index contributed by atoms with van der Waals surface area (Å²) in [6.45, 7) is 2.15. The van der Waals surface area contributed by atoms with Gasteiger partial charge in [0.15, 0.2) is 0 Å². The van der Waals surface area contributed by atoms with E-state index in [4.69, 9.17) is 9.47 Å². The van der Waals surface area contributed by atoms with Crippen molar-refractivity contribution >= 4 is 17.5 Å². The van der Waals surface area contributed by atoms with E-state index in [-0.39, 0.29) is 0 Å². The van der Waals surface area contributed by atoms with E-state index >= 15 is 0 Å². The van der Waals surface area contributed by atoms with Crippen LogP contribution in [0.25, 0.3) is 0 Å². The summed E-state index contributed by atoms with van der Waals surface area (Å²) in [5.74, 6) is 0. The zero-order valence-corrected chi connectivity index (χ0v) is 12.7. The van der Waals surface area contributed by atoms with E-state index in [2.05, 4.69) is 10.6 Å². The molecule has 1 aromatic rings. The lowest BCUT2D eigenvalue weighted by Gasteiger charge is -2.29. The van der Waals surface area contributed by atoms with Crippen LogP contribution in [0.2, 0.25) is 0 Å². The number of benzene rings is 1. The van der Waals surface area contributed by atoms with Crippen molar-refractivity contribution in [1.82, 2.24) is 0 Å². The molecule has 21 heavy (non-hydrogen) atoms. The van der Waals surface area contributed by atoms with Crippen LogP contribution in [-0.4, -0.2) is 32.0 Å². The van der Waals surface area contributed by atoms with Gasteiger partial charge in [0, 0.05) is 24.5 Å². The van der Waals surface area contributed by atoms with Crippen molar-refractivity contribution in [2.75, 3.05) is 24.4 Å². The van der Waals surface area contributed by atoms with E-state index in [0.717, 1.165) is 24.2 Å². The maximum Gasteiger partial charge on any atom is 0.411 e. The molecule has 0 spiro atoms. The molecule has 1 fully saturated rings. The molecule has 0 aliphatic heterocycles. The molecule has 0 heterocycles. The van der Waals surface area contributed by atoms with Crippen molar-refractivity contribution in [3.05, 3.63) is 24.3 Å². The quantitative estimate of drug-likeness (QED) is 0.870. The van der Waals surface area contributed by atoms with Crippen molar-refractivity contribution in [2.45, 2.75) is 44.8 Å². The Morgan fingerprint density at radius 1 is 1.24 bits per heavy atom. The Bertz CT molecular complexity index is 447. The third kappa shape index (κ3) is 4.93. The molecule has 2 rings (SSSR count). The topological polar surface area (TPSA) is 59.6 Å². The summed E-state index contributed by atoms with van der Waals surface area (Å²) in [5.41, 5.74) is 1.79. The van der Waals surface area contributed by atoms with Gasteiger partial charge in [0.1, 0.15) is 0 Å². The zero-order chi connectivity index (χ0) is 15.1. The van der Waals surface area contributed by atoms with Crippen molar-refractivity contribution in [3.8, 4) is 0 Å². The molecule has 2 unspecified atom stereocenters. The Labute approximate surface area is 126 Å². The first-order valence-electron chi connectivity index (χ1n) is 7.54. The summed E-state index contributed by atoms with van der Waals surface area (Å²) >= 11 is 0. The predicted molar refractivity (Wildman–Crippen MR) is 83.8 cm³/mol. The standard InChI is InChI=1S/C16H24N2O3/c1-3-21-16(19)18-13-9-7-12(8-10-13)17-14-5-4-6-15(11-14)20-2/h7-10,14-15,17H,3-6,11H2,1-2H3,(H,18,19). The molecule has 2 N–H and O–H groups in total. The molecular weight excluding hydrogens is 268 g/mol. The lowest BCUT2D eigenvalue weighted by atomic mass is 9.92. The minimum absolute atomic E-state index is 0.362. The first-order chi connectivity index (χ1) is 10.2. The number of ether oxygens (including phenoxy) is 2. The fourth-order valence-corrected chi connectivity index (χ4v) is 2.66. The van der Waals surface area contributed by atoms with Crippen LogP contribution in [0.5, 0.6) is 0 Å². The van der Waals surface area contributed by atoms with Gasteiger partial charge in [0.25, 0.3) is 0 Å². The second-order valence-electron chi connectivity index (χ2n) is 5.29. The maximum absolute atomic E-state index is 11.3. The number of methoxy groups -OCH3 is 1. The Morgan fingerprint density at radius 3 is 2.62 bits per heavy atom. The molecule has 0 saturated heterocycles. The monoisotopic (exact) mass is 292 g/mol. The van der Waals surface area contributed by atoms with Gasteiger partial charge < -0.3 is 14.8 Å². The number of carbonyl (C=O) groups is 1. The van der Waals surface area contributed by atoms with Gasteiger partial charge >= 0.3 is 6.09 Å². The van der Waals surface area contributed by atoms with Gasteiger partial charge in [-0.1, -0.05) is 0 Å². The summed E-state index contributed by atoms with van der Waals surface area (Å²) in [7, 11) is 1.78. The highest BCUT2D eigenvalue weighted by molar-refractivity contribution is 5.84. The van der Waals surface area contributed by atoms with Gasteiger partial charge in [-0.2, -0.15) is 0 Å². The Morgan fingerprint density at radius 2 is 1.95 bits per heavy atom. The zero-order valence-electron chi connectivity index (χ0n) is 12.7. The predicted octanol–water partition coefficient (Wildman–Crippen LogP) is 3.62. The van der Waals surface area contributed by atoms with E-state index in [1.165, 1.54) is 12.8 Å². The minimum Gasteiger partial charge on any atom is -0.450 e. The lowest BCUT2D eigenvalue weighted by Crippen LogP contribution is -2.30. The van der Waals surface area contributed by atoms with Gasteiger partial charge in [-0.3, -0.25) is 5.32 Å². The number of anilines is 2. The van der Waals surface area contributed by atoms with Crippen LogP contribution in [0.4, 0.5) is 16.2 Å². The number of carbonyl (C=O) groups excluding carboxylic acids is 1. The number of nitrogens with one attached hydrogen (secondary N) is 2. The summed E-state index contributed by atoms with van der Waals surface area (Å²) < 4.78 is 10.3. The van der Waals surface area contributed by atoms with E-state index in [9.17, 15) is 4.79 Å². The number of hydrogen-bond acceptors (Lipinski definition) is 4. The lowest BCUT2D eigenvalue weighted by molar-refractivity contribution is 0.0669. The molecule has 1 aromatic carbocycles. The summed E-state index contributed by atoms with van der Waals surface area (Å²) in [6.07, 6.45) is 4.49. The molecule has 1 aliphatic rings. The van der Waals surface area contributed by atoms with Crippen LogP contribution in [0.15, 0.2) is 24.3 Å². The van der Waals surface area contributed by atoms with Crippen LogP contribution in [0, 0.1) is 0 Å². The van der Waals surface area contributed by atoms with Crippen molar-refractivity contribution < 1.29 is 14.3 Å². The summed E-state index contributed by atoms with van der Waals surface area (Å²) in [6, 6.07) is 8.13. The molecule has 116 valence electrons. The van der Waals surface area contributed by atoms with Crippen LogP contribution in [0.1, 0.15) is 32.6 Å². The first kappa shape index (κ1) is 15.6. The smallest absolute Gasteiger partial charge is 0.411 e. The highest BCUT2D eigenvalue weighted by Gasteiger charge is 2.21. The van der Waals surface area contributed by atoms with Crippen molar-refractivity contribution in [2.24, 2.45) is 0 Å². The second kappa shape index (κ2) is 7.88. The van der Waals surface area contributed by atoms with Gasteiger partial charge in [-0.25, -0.2) is 4.79 Å². The molecule has 2 atom stereocenters. The summed E-state index contributed by atoms with van der Waals surface area (Å²) in [5, 5.41) is 6.21. The minimum atomic E-state index is -0.423. The first-order valence-corrected chi connectivity index (χ1v) is 7.54. The van der Waals surface area contributed by atoms with Gasteiger partial charge in [-0.15, -0.1) is 0 Å². The fourth-order valence-electron chi connectivity index (χ4n) is 2.66. The normalized spacial score (nSPS) is 21.6.